The average Bonchev–Trinajstić information content (AvgIpc) is 2.78. The van der Waals surface area contributed by atoms with Crippen LogP contribution in [0.15, 0.2) is 0 Å². The Labute approximate surface area is 138 Å². The van der Waals surface area contributed by atoms with Gasteiger partial charge in [-0.25, -0.2) is 0 Å². The van der Waals surface area contributed by atoms with E-state index in [1.54, 1.807) is 6.92 Å². The van der Waals surface area contributed by atoms with Crippen LogP contribution >= 0.6 is 0 Å². The van der Waals surface area contributed by atoms with Crippen LogP contribution in [-0.4, -0.2) is 45.6 Å². The lowest BCUT2D eigenvalue weighted by Gasteiger charge is -2.29. The average molecular weight is 320 g/mol. The van der Waals surface area contributed by atoms with E-state index in [-0.39, 0.29) is 11.8 Å². The van der Waals surface area contributed by atoms with Gasteiger partial charge >= 0.3 is 0 Å². The van der Waals surface area contributed by atoms with Gasteiger partial charge in [-0.15, -0.1) is 0 Å². The lowest BCUT2D eigenvalue weighted by atomic mass is 10.1. The van der Waals surface area contributed by atoms with Gasteiger partial charge in [0.15, 0.2) is 0 Å². The van der Waals surface area contributed by atoms with Crippen LogP contribution in [0.1, 0.15) is 49.6 Å². The minimum absolute atomic E-state index is 0.0341. The minimum Gasteiger partial charge on any atom is -0.345 e. The van der Waals surface area contributed by atoms with Gasteiger partial charge in [0, 0.05) is 32.3 Å². The Balaban J connectivity index is 1.83. The first-order chi connectivity index (χ1) is 10.9. The maximum absolute atomic E-state index is 12.3. The Morgan fingerprint density at radius 1 is 1.22 bits per heavy atom. The van der Waals surface area contributed by atoms with Crippen LogP contribution in [0.3, 0.4) is 0 Å². The number of nitrogens with zero attached hydrogens (tertiary/aromatic N) is 3. The number of hydrogen-bond acceptors (Lipinski definition) is 3. The first-order valence-corrected chi connectivity index (χ1v) is 8.47. The lowest BCUT2D eigenvalue weighted by Crippen LogP contribution is -2.48. The molecule has 0 aromatic carbocycles. The molecule has 1 atom stereocenters. The molecule has 1 saturated heterocycles. The van der Waals surface area contributed by atoms with Crippen LogP contribution in [0, 0.1) is 13.8 Å². The van der Waals surface area contributed by atoms with E-state index >= 15 is 0 Å². The zero-order chi connectivity index (χ0) is 17.0. The summed E-state index contributed by atoms with van der Waals surface area (Å²) in [5.74, 6) is -0.0442. The topological polar surface area (TPSA) is 67.2 Å². The van der Waals surface area contributed by atoms with Crippen molar-refractivity contribution in [1.82, 2.24) is 20.0 Å². The van der Waals surface area contributed by atoms with E-state index in [0.717, 1.165) is 42.9 Å². The van der Waals surface area contributed by atoms with Gasteiger partial charge in [0.1, 0.15) is 6.04 Å². The molecule has 6 heteroatoms. The number of hydrogen-bond donors (Lipinski definition) is 1. The molecule has 0 bridgehead atoms. The largest absolute Gasteiger partial charge is 0.345 e. The third kappa shape index (κ3) is 4.33. The Bertz CT molecular complexity index is 573. The summed E-state index contributed by atoms with van der Waals surface area (Å²) in [6.45, 7) is 7.37. The van der Waals surface area contributed by atoms with Gasteiger partial charge in [-0.3, -0.25) is 14.3 Å². The standard InChI is InChI=1S/C17H28N4O2/c1-12-15(14(3)20(4)19-12)8-9-16(22)18-13(2)17(23)21-10-6-5-7-11-21/h13H,5-11H2,1-4H3,(H,18,22)/t13-/m1/s1. The molecule has 1 aliphatic heterocycles. The Morgan fingerprint density at radius 2 is 1.87 bits per heavy atom. The van der Waals surface area contributed by atoms with Gasteiger partial charge in [-0.2, -0.15) is 5.10 Å². The van der Waals surface area contributed by atoms with Gasteiger partial charge in [-0.05, 0) is 52.0 Å². The number of aromatic nitrogens is 2. The lowest BCUT2D eigenvalue weighted by molar-refractivity contribution is -0.136. The molecular weight excluding hydrogens is 292 g/mol. The van der Waals surface area contributed by atoms with Crippen LogP contribution in [0.5, 0.6) is 0 Å². The van der Waals surface area contributed by atoms with E-state index < -0.39 is 6.04 Å². The highest BCUT2D eigenvalue weighted by Crippen LogP contribution is 2.14. The molecule has 0 radical (unpaired) electrons. The van der Waals surface area contributed by atoms with Crippen molar-refractivity contribution in [3.05, 3.63) is 17.0 Å². The number of carbonyl (C=O) groups excluding carboxylic acids is 2. The number of likely N-dealkylation sites (tertiary alicyclic amines) is 1. The molecule has 0 spiro atoms. The second-order valence-electron chi connectivity index (χ2n) is 6.45. The quantitative estimate of drug-likeness (QED) is 0.894. The summed E-state index contributed by atoms with van der Waals surface area (Å²) in [5.41, 5.74) is 3.18. The molecule has 1 aromatic rings. The molecule has 0 unspecified atom stereocenters. The highest BCUT2D eigenvalue weighted by atomic mass is 16.2. The molecular formula is C17H28N4O2. The van der Waals surface area contributed by atoms with Crippen LogP contribution in [0.4, 0.5) is 0 Å². The van der Waals surface area contributed by atoms with Crippen molar-refractivity contribution in [2.24, 2.45) is 7.05 Å². The van der Waals surface area contributed by atoms with Crippen molar-refractivity contribution in [2.45, 2.75) is 58.9 Å². The maximum atomic E-state index is 12.3. The number of amides is 2. The summed E-state index contributed by atoms with van der Waals surface area (Å²) in [6.07, 6.45) is 4.35. The Kier molecular flexibility index (Phi) is 5.80. The van der Waals surface area contributed by atoms with Crippen LogP contribution in [0.2, 0.25) is 0 Å². The van der Waals surface area contributed by atoms with Crippen molar-refractivity contribution in [1.29, 1.82) is 0 Å². The maximum Gasteiger partial charge on any atom is 0.244 e. The van der Waals surface area contributed by atoms with Crippen molar-refractivity contribution < 1.29 is 9.59 Å². The first-order valence-electron chi connectivity index (χ1n) is 8.47. The fourth-order valence-corrected chi connectivity index (χ4v) is 3.18. The first kappa shape index (κ1) is 17.5. The smallest absolute Gasteiger partial charge is 0.244 e. The van der Waals surface area contributed by atoms with Gasteiger partial charge in [0.25, 0.3) is 0 Å². The third-order valence-corrected chi connectivity index (χ3v) is 4.68. The van der Waals surface area contributed by atoms with E-state index in [0.29, 0.717) is 12.8 Å². The normalized spacial score (nSPS) is 16.3. The molecule has 1 N–H and O–H groups in total. The Hall–Kier alpha value is -1.85. The molecule has 0 saturated carbocycles. The molecule has 0 aliphatic carbocycles. The summed E-state index contributed by atoms with van der Waals surface area (Å²) < 4.78 is 1.84. The fraction of sp³-hybridized carbons (Fsp3) is 0.706. The van der Waals surface area contributed by atoms with Crippen molar-refractivity contribution in [3.63, 3.8) is 0 Å². The molecule has 2 rings (SSSR count). The molecule has 2 heterocycles. The van der Waals surface area contributed by atoms with Crippen LogP contribution in [-0.2, 0) is 23.1 Å². The molecule has 2 amide bonds. The second-order valence-corrected chi connectivity index (χ2v) is 6.45. The summed E-state index contributed by atoms with van der Waals surface area (Å²) in [5, 5.41) is 7.20. The zero-order valence-electron chi connectivity index (χ0n) is 14.7. The number of piperidine rings is 1. The van der Waals surface area contributed by atoms with E-state index in [9.17, 15) is 9.59 Å². The van der Waals surface area contributed by atoms with Gasteiger partial charge < -0.3 is 10.2 Å². The van der Waals surface area contributed by atoms with Crippen LogP contribution in [0.25, 0.3) is 0 Å². The van der Waals surface area contributed by atoms with Crippen molar-refractivity contribution in [2.75, 3.05) is 13.1 Å². The molecule has 128 valence electrons. The predicted molar refractivity (Wildman–Crippen MR) is 89.0 cm³/mol. The molecule has 1 aliphatic rings. The zero-order valence-corrected chi connectivity index (χ0v) is 14.7. The fourth-order valence-electron chi connectivity index (χ4n) is 3.18. The van der Waals surface area contributed by atoms with E-state index in [4.69, 9.17) is 0 Å². The number of carbonyl (C=O) groups is 2. The van der Waals surface area contributed by atoms with Crippen molar-refractivity contribution in [3.8, 4) is 0 Å². The van der Waals surface area contributed by atoms with Crippen molar-refractivity contribution >= 4 is 11.8 Å². The number of aryl methyl sites for hydroxylation is 2. The monoisotopic (exact) mass is 320 g/mol. The summed E-state index contributed by atoms with van der Waals surface area (Å²) in [4.78, 5) is 26.3. The second kappa shape index (κ2) is 7.62. The summed E-state index contributed by atoms with van der Waals surface area (Å²) >= 11 is 0. The number of rotatable bonds is 5. The predicted octanol–water partition coefficient (Wildman–Crippen LogP) is 1.49. The van der Waals surface area contributed by atoms with Gasteiger partial charge in [0.2, 0.25) is 11.8 Å². The van der Waals surface area contributed by atoms with Crippen LogP contribution < -0.4 is 5.32 Å². The Morgan fingerprint density at radius 3 is 2.43 bits per heavy atom. The SMILES string of the molecule is Cc1nn(C)c(C)c1CCC(=O)N[C@H](C)C(=O)N1CCCCC1. The van der Waals surface area contributed by atoms with E-state index in [2.05, 4.69) is 10.4 Å². The van der Waals surface area contributed by atoms with Gasteiger partial charge in [-0.1, -0.05) is 0 Å². The molecule has 1 fully saturated rings. The highest BCUT2D eigenvalue weighted by molar-refractivity contribution is 5.87. The summed E-state index contributed by atoms with van der Waals surface area (Å²) in [7, 11) is 1.91. The third-order valence-electron chi connectivity index (χ3n) is 4.68. The highest BCUT2D eigenvalue weighted by Gasteiger charge is 2.23. The van der Waals surface area contributed by atoms with E-state index in [1.807, 2.05) is 30.5 Å². The summed E-state index contributed by atoms with van der Waals surface area (Å²) in [6, 6.07) is -0.448. The minimum atomic E-state index is -0.448. The molecule has 23 heavy (non-hydrogen) atoms. The van der Waals surface area contributed by atoms with E-state index in [1.165, 1.54) is 6.42 Å². The number of nitrogens with one attached hydrogen (secondary N) is 1. The molecule has 6 nitrogen and oxygen atoms in total. The van der Waals surface area contributed by atoms with Gasteiger partial charge in [0.05, 0.1) is 5.69 Å². The molecule has 1 aromatic heterocycles.